The SMILES string of the molecule is CC(C)(C)c1ccccc1N1C2CCC1CC(O)C2. The zero-order valence-electron chi connectivity index (χ0n) is 12.3. The van der Waals surface area contributed by atoms with Gasteiger partial charge in [0.2, 0.25) is 0 Å². The molecule has 2 fully saturated rings. The second-order valence-corrected chi connectivity index (χ2v) is 7.18. The molecule has 2 saturated heterocycles. The number of hydrogen-bond donors (Lipinski definition) is 1. The zero-order chi connectivity index (χ0) is 13.6. The fraction of sp³-hybridized carbons (Fsp3) is 0.647. The predicted molar refractivity (Wildman–Crippen MR) is 79.7 cm³/mol. The number of para-hydroxylation sites is 1. The molecule has 3 rings (SSSR count). The smallest absolute Gasteiger partial charge is 0.0579 e. The number of aliphatic hydroxyl groups is 1. The highest BCUT2D eigenvalue weighted by Crippen LogP contribution is 2.43. The minimum Gasteiger partial charge on any atom is -0.393 e. The number of benzene rings is 1. The molecule has 2 atom stereocenters. The van der Waals surface area contributed by atoms with Crippen LogP contribution in [0.5, 0.6) is 0 Å². The quantitative estimate of drug-likeness (QED) is 0.834. The lowest BCUT2D eigenvalue weighted by Crippen LogP contribution is -2.45. The number of anilines is 1. The van der Waals surface area contributed by atoms with Gasteiger partial charge in [-0.25, -0.2) is 0 Å². The molecule has 2 bridgehead atoms. The molecule has 19 heavy (non-hydrogen) atoms. The summed E-state index contributed by atoms with van der Waals surface area (Å²) < 4.78 is 0. The lowest BCUT2D eigenvalue weighted by atomic mass is 9.84. The van der Waals surface area contributed by atoms with Gasteiger partial charge in [-0.1, -0.05) is 39.0 Å². The highest BCUT2D eigenvalue weighted by Gasteiger charge is 2.41. The number of nitrogens with zero attached hydrogens (tertiary/aromatic N) is 1. The molecule has 2 unspecified atom stereocenters. The molecule has 1 aromatic carbocycles. The highest BCUT2D eigenvalue weighted by atomic mass is 16.3. The van der Waals surface area contributed by atoms with Gasteiger partial charge in [0.15, 0.2) is 0 Å². The van der Waals surface area contributed by atoms with E-state index in [4.69, 9.17) is 0 Å². The van der Waals surface area contributed by atoms with Gasteiger partial charge in [-0.15, -0.1) is 0 Å². The second kappa shape index (κ2) is 4.52. The number of piperidine rings is 1. The van der Waals surface area contributed by atoms with Gasteiger partial charge >= 0.3 is 0 Å². The van der Waals surface area contributed by atoms with E-state index >= 15 is 0 Å². The molecule has 1 aromatic rings. The summed E-state index contributed by atoms with van der Waals surface area (Å²) in [4.78, 5) is 2.60. The van der Waals surface area contributed by atoms with Crippen LogP contribution >= 0.6 is 0 Å². The van der Waals surface area contributed by atoms with Crippen molar-refractivity contribution in [1.82, 2.24) is 0 Å². The summed E-state index contributed by atoms with van der Waals surface area (Å²) in [5.41, 5.74) is 3.00. The van der Waals surface area contributed by atoms with Crippen molar-refractivity contribution in [1.29, 1.82) is 0 Å². The van der Waals surface area contributed by atoms with Crippen molar-refractivity contribution in [2.24, 2.45) is 0 Å². The van der Waals surface area contributed by atoms with Gasteiger partial charge in [0.25, 0.3) is 0 Å². The first-order valence-corrected chi connectivity index (χ1v) is 7.53. The maximum Gasteiger partial charge on any atom is 0.0579 e. The van der Waals surface area contributed by atoms with Crippen LogP contribution in [0.25, 0.3) is 0 Å². The number of fused-ring (bicyclic) bond motifs is 2. The highest BCUT2D eigenvalue weighted by molar-refractivity contribution is 5.59. The summed E-state index contributed by atoms with van der Waals surface area (Å²) in [6.45, 7) is 6.85. The van der Waals surface area contributed by atoms with Crippen molar-refractivity contribution >= 4 is 5.69 Å². The van der Waals surface area contributed by atoms with Crippen LogP contribution in [0.4, 0.5) is 5.69 Å². The molecule has 0 aromatic heterocycles. The lowest BCUT2D eigenvalue weighted by Gasteiger charge is -2.41. The summed E-state index contributed by atoms with van der Waals surface area (Å²) in [6, 6.07) is 9.90. The Kier molecular flexibility index (Phi) is 3.09. The number of hydrogen-bond acceptors (Lipinski definition) is 2. The van der Waals surface area contributed by atoms with Crippen molar-refractivity contribution in [3.8, 4) is 0 Å². The molecule has 2 nitrogen and oxygen atoms in total. The van der Waals surface area contributed by atoms with E-state index in [1.165, 1.54) is 24.1 Å². The fourth-order valence-electron chi connectivity index (χ4n) is 3.87. The minimum atomic E-state index is -0.0875. The van der Waals surface area contributed by atoms with Gasteiger partial charge in [-0.3, -0.25) is 0 Å². The van der Waals surface area contributed by atoms with Crippen molar-refractivity contribution in [3.63, 3.8) is 0 Å². The third-order valence-electron chi connectivity index (χ3n) is 4.70. The summed E-state index contributed by atoms with van der Waals surface area (Å²) in [5, 5.41) is 9.96. The number of rotatable bonds is 1. The molecule has 2 aliphatic rings. The predicted octanol–water partition coefficient (Wildman–Crippen LogP) is 3.48. The van der Waals surface area contributed by atoms with Gasteiger partial charge in [-0.2, -0.15) is 0 Å². The average molecular weight is 259 g/mol. The van der Waals surface area contributed by atoms with E-state index in [1.807, 2.05) is 0 Å². The van der Waals surface area contributed by atoms with Crippen LogP contribution in [0.1, 0.15) is 52.0 Å². The summed E-state index contributed by atoms with van der Waals surface area (Å²) >= 11 is 0. The van der Waals surface area contributed by atoms with Gasteiger partial charge in [-0.05, 0) is 42.7 Å². The van der Waals surface area contributed by atoms with E-state index in [9.17, 15) is 5.11 Å². The molecule has 0 spiro atoms. The molecule has 2 heterocycles. The minimum absolute atomic E-state index is 0.0875. The summed E-state index contributed by atoms with van der Waals surface area (Å²) in [7, 11) is 0. The fourth-order valence-corrected chi connectivity index (χ4v) is 3.87. The topological polar surface area (TPSA) is 23.5 Å². The van der Waals surface area contributed by atoms with Crippen molar-refractivity contribution in [2.45, 2.75) is 70.1 Å². The van der Waals surface area contributed by atoms with Crippen LogP contribution < -0.4 is 4.90 Å². The van der Waals surface area contributed by atoms with Crippen LogP contribution in [0.15, 0.2) is 24.3 Å². The van der Waals surface area contributed by atoms with Crippen LogP contribution in [0.2, 0.25) is 0 Å². The first-order chi connectivity index (χ1) is 8.97. The zero-order valence-corrected chi connectivity index (χ0v) is 12.3. The molecule has 0 radical (unpaired) electrons. The Morgan fingerprint density at radius 3 is 2.21 bits per heavy atom. The summed E-state index contributed by atoms with van der Waals surface area (Å²) in [5.74, 6) is 0. The monoisotopic (exact) mass is 259 g/mol. The van der Waals surface area contributed by atoms with E-state index in [0.717, 1.165) is 12.8 Å². The standard InChI is InChI=1S/C17H25NO/c1-17(2,3)15-6-4-5-7-16(15)18-12-8-9-13(18)11-14(19)10-12/h4-7,12-14,19H,8-11H2,1-3H3. The van der Waals surface area contributed by atoms with E-state index in [2.05, 4.69) is 49.9 Å². The van der Waals surface area contributed by atoms with Crippen molar-refractivity contribution in [2.75, 3.05) is 4.90 Å². The molecule has 1 N–H and O–H groups in total. The van der Waals surface area contributed by atoms with Crippen LogP contribution in [-0.2, 0) is 5.41 Å². The molecule has 2 aliphatic heterocycles. The van der Waals surface area contributed by atoms with Gasteiger partial charge in [0.1, 0.15) is 0 Å². The Morgan fingerprint density at radius 2 is 1.63 bits per heavy atom. The van der Waals surface area contributed by atoms with Gasteiger partial charge in [0, 0.05) is 17.8 Å². The van der Waals surface area contributed by atoms with Gasteiger partial charge < -0.3 is 10.0 Å². The molecule has 2 heteroatoms. The van der Waals surface area contributed by atoms with Crippen LogP contribution in [-0.4, -0.2) is 23.3 Å². The number of aliphatic hydroxyl groups excluding tert-OH is 1. The molecule has 104 valence electrons. The van der Waals surface area contributed by atoms with Crippen LogP contribution in [0.3, 0.4) is 0 Å². The Labute approximate surface area is 116 Å². The largest absolute Gasteiger partial charge is 0.393 e. The normalized spacial score (nSPS) is 30.7. The second-order valence-electron chi connectivity index (χ2n) is 7.18. The first kappa shape index (κ1) is 13.0. The Hall–Kier alpha value is -1.02. The maximum absolute atomic E-state index is 9.96. The van der Waals surface area contributed by atoms with Crippen molar-refractivity contribution in [3.05, 3.63) is 29.8 Å². The average Bonchev–Trinajstić information content (AvgIpc) is 2.60. The van der Waals surface area contributed by atoms with E-state index in [0.29, 0.717) is 12.1 Å². The third-order valence-corrected chi connectivity index (χ3v) is 4.70. The third kappa shape index (κ3) is 2.27. The van der Waals surface area contributed by atoms with E-state index < -0.39 is 0 Å². The van der Waals surface area contributed by atoms with E-state index in [-0.39, 0.29) is 11.5 Å². The molecular formula is C17H25NO. The summed E-state index contributed by atoms with van der Waals surface area (Å²) in [6.07, 6.45) is 4.26. The Morgan fingerprint density at radius 1 is 1.05 bits per heavy atom. The Bertz CT molecular complexity index is 449. The molecule has 0 aliphatic carbocycles. The molecule has 0 saturated carbocycles. The molecule has 0 amide bonds. The van der Waals surface area contributed by atoms with Crippen molar-refractivity contribution < 1.29 is 5.11 Å². The maximum atomic E-state index is 9.96. The van der Waals surface area contributed by atoms with Gasteiger partial charge in [0.05, 0.1) is 6.10 Å². The lowest BCUT2D eigenvalue weighted by molar-refractivity contribution is 0.126. The molecular weight excluding hydrogens is 234 g/mol. The first-order valence-electron chi connectivity index (χ1n) is 7.53. The van der Waals surface area contributed by atoms with Crippen LogP contribution in [0, 0.1) is 0 Å². The van der Waals surface area contributed by atoms with E-state index in [1.54, 1.807) is 0 Å². The Balaban J connectivity index is 2.00.